The average molecular weight is 777 g/mol. The average Bonchev–Trinajstić information content (AvgIpc) is 3.53. The van der Waals surface area contributed by atoms with E-state index in [-0.39, 0.29) is 5.41 Å². The van der Waals surface area contributed by atoms with Crippen molar-refractivity contribution < 1.29 is 0 Å². The zero-order valence-electron chi connectivity index (χ0n) is 34.7. The number of anilines is 3. The smallest absolute Gasteiger partial charge is 0.164 e. The SMILES string of the molecule is CC/C=C\C(=C/CC)c1cccc(N(c2ccc3c(c2)C(C)(C)c2ccccc2-3)c2ccccc2-c2ccccc2-c2nc(-c3ccccc3)nc(-c3ccccc3)n2)c1. The topological polar surface area (TPSA) is 41.9 Å². The van der Waals surface area contributed by atoms with Crippen molar-refractivity contribution in [1.29, 1.82) is 0 Å². The van der Waals surface area contributed by atoms with Gasteiger partial charge in [-0.25, -0.2) is 15.0 Å². The molecule has 9 rings (SSSR count). The van der Waals surface area contributed by atoms with Gasteiger partial charge in [0, 0.05) is 39.0 Å². The van der Waals surface area contributed by atoms with Crippen molar-refractivity contribution in [3.63, 3.8) is 0 Å². The molecule has 0 aliphatic heterocycles. The first-order valence-electron chi connectivity index (χ1n) is 21.0. The van der Waals surface area contributed by atoms with Gasteiger partial charge >= 0.3 is 0 Å². The van der Waals surface area contributed by atoms with Gasteiger partial charge in [-0.1, -0.05) is 192 Å². The number of aromatic nitrogens is 3. The third kappa shape index (κ3) is 7.26. The molecule has 4 heteroatoms. The zero-order chi connectivity index (χ0) is 41.1. The predicted molar refractivity (Wildman–Crippen MR) is 252 cm³/mol. The molecule has 4 nitrogen and oxygen atoms in total. The fourth-order valence-corrected chi connectivity index (χ4v) is 8.57. The Bertz CT molecular complexity index is 2810. The molecular formula is C56H48N4. The summed E-state index contributed by atoms with van der Waals surface area (Å²) in [6.07, 6.45) is 8.75. The van der Waals surface area contributed by atoms with E-state index in [1.807, 2.05) is 36.4 Å². The summed E-state index contributed by atoms with van der Waals surface area (Å²) in [6.45, 7) is 9.08. The molecule has 292 valence electrons. The number of benzene rings is 7. The van der Waals surface area contributed by atoms with Crippen LogP contribution in [-0.4, -0.2) is 15.0 Å². The number of rotatable bonds is 11. The lowest BCUT2D eigenvalue weighted by Gasteiger charge is -2.30. The lowest BCUT2D eigenvalue weighted by atomic mass is 9.82. The summed E-state index contributed by atoms with van der Waals surface area (Å²) in [7, 11) is 0. The quantitative estimate of drug-likeness (QED) is 0.123. The normalized spacial score (nSPS) is 13.0. The van der Waals surface area contributed by atoms with E-state index >= 15 is 0 Å². The van der Waals surface area contributed by atoms with Crippen molar-refractivity contribution in [2.75, 3.05) is 4.90 Å². The van der Waals surface area contributed by atoms with Crippen LogP contribution < -0.4 is 4.90 Å². The molecule has 1 aliphatic carbocycles. The molecule has 60 heavy (non-hydrogen) atoms. The standard InChI is InChI=1S/C56H48N4/c1-5-7-22-39(21-6-2)42-27-20-28-43(37-42)60(44-35-36-47-46-30-16-18-33-50(46)56(3,4)51(47)38-44)52-34-19-17-31-48(52)45-29-14-15-32-49(45)55-58-53(40-23-10-8-11-24-40)57-54(59-55)41-25-12-9-13-26-41/h7-38H,5-6H2,1-4H3/b22-7-,39-21+. The third-order valence-electron chi connectivity index (χ3n) is 11.5. The Hall–Kier alpha value is -7.17. The van der Waals surface area contributed by atoms with Crippen molar-refractivity contribution in [2.24, 2.45) is 0 Å². The van der Waals surface area contributed by atoms with Crippen LogP contribution in [0.4, 0.5) is 17.1 Å². The fraction of sp³-hybridized carbons (Fsp3) is 0.125. The molecule has 8 aromatic rings. The van der Waals surface area contributed by atoms with E-state index in [1.165, 1.54) is 33.4 Å². The van der Waals surface area contributed by atoms with Crippen molar-refractivity contribution in [3.05, 3.63) is 211 Å². The molecule has 1 aliphatic rings. The summed E-state index contributed by atoms with van der Waals surface area (Å²) in [4.78, 5) is 17.8. The van der Waals surface area contributed by atoms with Gasteiger partial charge in [-0.2, -0.15) is 0 Å². The highest BCUT2D eigenvalue weighted by atomic mass is 15.1. The van der Waals surface area contributed by atoms with E-state index in [2.05, 4.69) is 190 Å². The number of allylic oxidation sites excluding steroid dienone is 4. The van der Waals surface area contributed by atoms with Crippen LogP contribution in [0.5, 0.6) is 0 Å². The minimum absolute atomic E-state index is 0.158. The summed E-state index contributed by atoms with van der Waals surface area (Å²) in [5.41, 5.74) is 15.7. The van der Waals surface area contributed by atoms with Gasteiger partial charge in [0.25, 0.3) is 0 Å². The fourth-order valence-electron chi connectivity index (χ4n) is 8.57. The van der Waals surface area contributed by atoms with Crippen molar-refractivity contribution >= 4 is 22.6 Å². The minimum atomic E-state index is -0.158. The third-order valence-corrected chi connectivity index (χ3v) is 11.5. The van der Waals surface area contributed by atoms with Crippen LogP contribution in [0.25, 0.3) is 62.0 Å². The number of hydrogen-bond acceptors (Lipinski definition) is 4. The van der Waals surface area contributed by atoms with Gasteiger partial charge in [0.05, 0.1) is 5.69 Å². The highest BCUT2D eigenvalue weighted by molar-refractivity contribution is 5.95. The van der Waals surface area contributed by atoms with Gasteiger partial charge in [0.1, 0.15) is 0 Å². The Labute approximate surface area is 354 Å². The van der Waals surface area contributed by atoms with Crippen LogP contribution >= 0.6 is 0 Å². The molecule has 1 aromatic heterocycles. The summed E-state index contributed by atoms with van der Waals surface area (Å²) in [6, 6.07) is 62.4. The number of nitrogens with zero attached hydrogens (tertiary/aromatic N) is 4. The summed E-state index contributed by atoms with van der Waals surface area (Å²) >= 11 is 0. The molecule has 0 spiro atoms. The molecule has 0 radical (unpaired) electrons. The van der Waals surface area contributed by atoms with Crippen molar-refractivity contribution in [2.45, 2.75) is 46.0 Å². The highest BCUT2D eigenvalue weighted by Crippen LogP contribution is 2.51. The molecule has 1 heterocycles. The van der Waals surface area contributed by atoms with Gasteiger partial charge < -0.3 is 4.90 Å². The van der Waals surface area contributed by atoms with Gasteiger partial charge in [-0.3, -0.25) is 0 Å². The second-order valence-electron chi connectivity index (χ2n) is 15.8. The lowest BCUT2D eigenvalue weighted by Crippen LogP contribution is -2.17. The Morgan fingerprint density at radius 1 is 0.483 bits per heavy atom. The van der Waals surface area contributed by atoms with Gasteiger partial charge in [-0.15, -0.1) is 0 Å². The minimum Gasteiger partial charge on any atom is -0.310 e. The second kappa shape index (κ2) is 16.6. The maximum absolute atomic E-state index is 5.18. The molecule has 0 atom stereocenters. The van der Waals surface area contributed by atoms with Crippen LogP contribution in [0.3, 0.4) is 0 Å². The van der Waals surface area contributed by atoms with E-state index in [1.54, 1.807) is 0 Å². The van der Waals surface area contributed by atoms with Crippen molar-refractivity contribution in [1.82, 2.24) is 15.0 Å². The van der Waals surface area contributed by atoms with Gasteiger partial charge in [0.15, 0.2) is 17.5 Å². The van der Waals surface area contributed by atoms with Crippen molar-refractivity contribution in [3.8, 4) is 56.4 Å². The number of para-hydroxylation sites is 1. The maximum Gasteiger partial charge on any atom is 0.164 e. The van der Waals surface area contributed by atoms with Crippen LogP contribution in [0.1, 0.15) is 57.2 Å². The molecule has 0 fully saturated rings. The summed E-state index contributed by atoms with van der Waals surface area (Å²) < 4.78 is 0. The molecule has 0 saturated carbocycles. The molecule has 7 aromatic carbocycles. The molecule has 0 bridgehead atoms. The van der Waals surface area contributed by atoms with Crippen LogP contribution in [0, 0.1) is 0 Å². The predicted octanol–water partition coefficient (Wildman–Crippen LogP) is 15.1. The Balaban J connectivity index is 1.26. The summed E-state index contributed by atoms with van der Waals surface area (Å²) in [5, 5.41) is 0. The molecule has 0 unspecified atom stereocenters. The Morgan fingerprint density at radius 3 is 1.73 bits per heavy atom. The first-order chi connectivity index (χ1) is 29.4. The van der Waals surface area contributed by atoms with Crippen LogP contribution in [0.15, 0.2) is 194 Å². The molecule has 0 amide bonds. The first kappa shape index (κ1) is 38.4. The first-order valence-corrected chi connectivity index (χ1v) is 21.0. The molecule has 0 N–H and O–H groups in total. The van der Waals surface area contributed by atoms with Crippen LogP contribution in [-0.2, 0) is 5.41 Å². The van der Waals surface area contributed by atoms with E-state index in [9.17, 15) is 0 Å². The Kier molecular flexibility index (Phi) is 10.6. The second-order valence-corrected chi connectivity index (χ2v) is 15.8. The number of hydrogen-bond donors (Lipinski definition) is 0. The van der Waals surface area contributed by atoms with Gasteiger partial charge in [0.2, 0.25) is 0 Å². The Morgan fingerprint density at radius 2 is 1.05 bits per heavy atom. The van der Waals surface area contributed by atoms with E-state index < -0.39 is 0 Å². The van der Waals surface area contributed by atoms with E-state index in [0.29, 0.717) is 17.5 Å². The van der Waals surface area contributed by atoms with Crippen LogP contribution in [0.2, 0.25) is 0 Å². The molecular weight excluding hydrogens is 729 g/mol. The zero-order valence-corrected chi connectivity index (χ0v) is 34.7. The monoisotopic (exact) mass is 776 g/mol. The molecule has 0 saturated heterocycles. The largest absolute Gasteiger partial charge is 0.310 e. The van der Waals surface area contributed by atoms with E-state index in [4.69, 9.17) is 15.0 Å². The summed E-state index contributed by atoms with van der Waals surface area (Å²) in [5.74, 6) is 1.89. The number of fused-ring (bicyclic) bond motifs is 3. The lowest BCUT2D eigenvalue weighted by molar-refractivity contribution is 0.660. The maximum atomic E-state index is 5.18. The van der Waals surface area contributed by atoms with E-state index in [0.717, 1.165) is 57.7 Å². The van der Waals surface area contributed by atoms with Gasteiger partial charge in [-0.05, 0) is 82.1 Å². The highest BCUT2D eigenvalue weighted by Gasteiger charge is 2.36.